The van der Waals surface area contributed by atoms with Gasteiger partial charge in [-0.2, -0.15) is 0 Å². The molecule has 0 spiro atoms. The minimum atomic E-state index is -1.62. The molecular formula is C24H38N8O12. The second-order valence-corrected chi connectivity index (χ2v) is 9.89. The van der Waals surface area contributed by atoms with Gasteiger partial charge in [0.25, 0.3) is 0 Å². The highest BCUT2D eigenvalue weighted by Crippen LogP contribution is 2.20. The molecule has 0 aromatic carbocycles. The van der Waals surface area contributed by atoms with E-state index in [0.29, 0.717) is 6.42 Å². The number of hydrogen-bond donors (Lipinski definition) is 10. The molecule has 1 saturated heterocycles. The second kappa shape index (κ2) is 18.0. The quantitative estimate of drug-likeness (QED) is 0.0636. The van der Waals surface area contributed by atoms with Gasteiger partial charge in [-0.05, 0) is 25.7 Å². The van der Waals surface area contributed by atoms with Crippen LogP contribution in [0.15, 0.2) is 0 Å². The number of rotatable bonds is 19. The number of carbonyl (C=O) groups excluding carboxylic acids is 7. The lowest BCUT2D eigenvalue weighted by Crippen LogP contribution is -2.58. The number of likely N-dealkylation sites (tertiary alicyclic amines) is 1. The van der Waals surface area contributed by atoms with Crippen LogP contribution in [-0.4, -0.2) is 123 Å². The molecule has 20 nitrogen and oxygen atoms in total. The van der Waals surface area contributed by atoms with E-state index in [0.717, 1.165) is 4.90 Å². The molecule has 44 heavy (non-hydrogen) atoms. The van der Waals surface area contributed by atoms with E-state index in [-0.39, 0.29) is 32.2 Å². The Bertz CT molecular complexity index is 1130. The number of carboxylic acid groups (broad SMARTS) is 2. The Kier molecular flexibility index (Phi) is 15.2. The Balaban J connectivity index is 2.93. The molecule has 1 aliphatic heterocycles. The van der Waals surface area contributed by atoms with Gasteiger partial charge in [0.15, 0.2) is 0 Å². The lowest BCUT2D eigenvalue weighted by atomic mass is 10.1. The Labute approximate surface area is 250 Å². The number of aliphatic hydroxyl groups excluding tert-OH is 1. The summed E-state index contributed by atoms with van der Waals surface area (Å²) >= 11 is 0. The maximum Gasteiger partial charge on any atom is 0.326 e. The van der Waals surface area contributed by atoms with Gasteiger partial charge in [-0.25, -0.2) is 4.79 Å². The Morgan fingerprint density at radius 3 is 2.00 bits per heavy atom. The molecule has 0 bridgehead atoms. The van der Waals surface area contributed by atoms with Crippen LogP contribution in [0.5, 0.6) is 0 Å². The van der Waals surface area contributed by atoms with Crippen LogP contribution in [0.1, 0.15) is 44.9 Å². The average Bonchev–Trinajstić information content (AvgIpc) is 3.44. The van der Waals surface area contributed by atoms with E-state index in [9.17, 15) is 48.3 Å². The summed E-state index contributed by atoms with van der Waals surface area (Å²) in [5.41, 5.74) is 15.8. The SMILES string of the molecule is NC(=O)CC[C@H](NC(=O)[C@H](CO)NC(=O)[C@@H](N)CCC(=O)O)C(=O)N1CCC[C@H]1C(=O)NCC(=O)N[C@@H](CC(N)=O)C(=O)O. The number of carbonyl (C=O) groups is 9. The molecule has 246 valence electrons. The number of carboxylic acids is 2. The molecule has 1 aliphatic rings. The van der Waals surface area contributed by atoms with Crippen LogP contribution in [0, 0.1) is 0 Å². The van der Waals surface area contributed by atoms with Gasteiger partial charge < -0.3 is 58.7 Å². The summed E-state index contributed by atoms with van der Waals surface area (Å²) in [6, 6.07) is -7.11. The molecule has 20 heteroatoms. The van der Waals surface area contributed by atoms with Crippen molar-refractivity contribution in [1.29, 1.82) is 0 Å². The van der Waals surface area contributed by atoms with Crippen LogP contribution in [0.2, 0.25) is 0 Å². The van der Waals surface area contributed by atoms with E-state index in [1.165, 1.54) is 0 Å². The number of amides is 7. The third kappa shape index (κ3) is 12.6. The van der Waals surface area contributed by atoms with E-state index in [1.54, 1.807) is 0 Å². The van der Waals surface area contributed by atoms with Gasteiger partial charge in [0.2, 0.25) is 41.4 Å². The summed E-state index contributed by atoms with van der Waals surface area (Å²) in [6.07, 6.45) is -1.55. The van der Waals surface area contributed by atoms with Gasteiger partial charge in [0, 0.05) is 19.4 Å². The maximum absolute atomic E-state index is 13.4. The summed E-state index contributed by atoms with van der Waals surface area (Å²) in [7, 11) is 0. The average molecular weight is 631 g/mol. The fraction of sp³-hybridized carbons (Fsp3) is 0.625. The van der Waals surface area contributed by atoms with Crippen molar-refractivity contribution in [2.24, 2.45) is 17.2 Å². The first-order chi connectivity index (χ1) is 20.6. The molecule has 0 saturated carbocycles. The predicted octanol–water partition coefficient (Wildman–Crippen LogP) is -6.04. The van der Waals surface area contributed by atoms with Crippen LogP contribution in [0.3, 0.4) is 0 Å². The second-order valence-electron chi connectivity index (χ2n) is 9.89. The molecule has 1 heterocycles. The van der Waals surface area contributed by atoms with Crippen molar-refractivity contribution in [3.8, 4) is 0 Å². The summed E-state index contributed by atoms with van der Waals surface area (Å²) in [4.78, 5) is 109. The van der Waals surface area contributed by atoms with Gasteiger partial charge in [0.05, 0.1) is 25.6 Å². The fourth-order valence-corrected chi connectivity index (χ4v) is 4.13. The summed E-state index contributed by atoms with van der Waals surface area (Å²) < 4.78 is 0. The zero-order valence-corrected chi connectivity index (χ0v) is 23.7. The first kappa shape index (κ1) is 37.2. The van der Waals surface area contributed by atoms with Crippen LogP contribution in [-0.2, 0) is 43.2 Å². The number of primary amides is 2. The smallest absolute Gasteiger partial charge is 0.326 e. The Hall–Kier alpha value is -4.85. The summed E-state index contributed by atoms with van der Waals surface area (Å²) in [5, 5.41) is 36.3. The molecule has 0 radical (unpaired) electrons. The molecule has 13 N–H and O–H groups in total. The number of nitrogens with one attached hydrogen (secondary N) is 4. The third-order valence-electron chi connectivity index (χ3n) is 6.42. The third-order valence-corrected chi connectivity index (χ3v) is 6.42. The van der Waals surface area contributed by atoms with Crippen LogP contribution < -0.4 is 38.5 Å². The Morgan fingerprint density at radius 2 is 1.45 bits per heavy atom. The number of hydrogen-bond acceptors (Lipinski definition) is 11. The van der Waals surface area contributed by atoms with Crippen molar-refractivity contribution in [3.05, 3.63) is 0 Å². The van der Waals surface area contributed by atoms with Crippen molar-refractivity contribution in [2.75, 3.05) is 19.7 Å². The maximum atomic E-state index is 13.4. The zero-order valence-electron chi connectivity index (χ0n) is 23.7. The molecule has 0 aliphatic carbocycles. The first-order valence-corrected chi connectivity index (χ1v) is 13.4. The molecule has 1 rings (SSSR count). The van der Waals surface area contributed by atoms with Crippen LogP contribution >= 0.6 is 0 Å². The van der Waals surface area contributed by atoms with Gasteiger partial charge in [0.1, 0.15) is 24.2 Å². The van der Waals surface area contributed by atoms with Crippen molar-refractivity contribution in [2.45, 2.75) is 75.2 Å². The molecule has 1 fully saturated rings. The van der Waals surface area contributed by atoms with E-state index >= 15 is 0 Å². The van der Waals surface area contributed by atoms with Gasteiger partial charge in [-0.15, -0.1) is 0 Å². The molecular weight excluding hydrogens is 592 g/mol. The predicted molar refractivity (Wildman–Crippen MR) is 145 cm³/mol. The van der Waals surface area contributed by atoms with Crippen LogP contribution in [0.25, 0.3) is 0 Å². The van der Waals surface area contributed by atoms with Crippen molar-refractivity contribution in [1.82, 2.24) is 26.2 Å². The monoisotopic (exact) mass is 630 g/mol. The molecule has 0 aromatic heterocycles. The number of nitrogens with two attached hydrogens (primary N) is 3. The highest BCUT2D eigenvalue weighted by Gasteiger charge is 2.38. The molecule has 5 atom stereocenters. The zero-order chi connectivity index (χ0) is 33.6. The summed E-state index contributed by atoms with van der Waals surface area (Å²) in [6.45, 7) is -1.59. The summed E-state index contributed by atoms with van der Waals surface area (Å²) in [5.74, 6) is -9.06. The normalized spacial score (nSPS) is 16.9. The lowest BCUT2D eigenvalue weighted by molar-refractivity contribution is -0.144. The molecule has 0 unspecified atom stereocenters. The van der Waals surface area contributed by atoms with Gasteiger partial charge >= 0.3 is 11.9 Å². The fourth-order valence-electron chi connectivity index (χ4n) is 4.13. The standard InChI is InChI=1S/C24H38N8O12/c25-11(3-6-19(37)38)20(39)31-14(10-33)21(40)30-12(4-5-16(26)34)23(42)32-7-1-2-15(32)22(41)28-9-18(36)29-13(24(43)44)8-17(27)35/h11-15,33H,1-10,25H2,(H2,26,34)(H2,27,35)(H,28,41)(H,29,36)(H,30,40)(H,31,39)(H,37,38)(H,43,44)/t11-,12-,13-,14-,15-/m0/s1. The topological polar surface area (TPSA) is 344 Å². The van der Waals surface area contributed by atoms with Crippen molar-refractivity contribution < 1.29 is 58.5 Å². The Morgan fingerprint density at radius 1 is 0.818 bits per heavy atom. The van der Waals surface area contributed by atoms with Gasteiger partial charge in [-0.1, -0.05) is 0 Å². The molecule has 0 aromatic rings. The van der Waals surface area contributed by atoms with E-state index in [1.807, 2.05) is 5.32 Å². The van der Waals surface area contributed by atoms with E-state index in [4.69, 9.17) is 27.4 Å². The first-order valence-electron chi connectivity index (χ1n) is 13.4. The number of aliphatic hydroxyl groups is 1. The van der Waals surface area contributed by atoms with Crippen molar-refractivity contribution in [3.63, 3.8) is 0 Å². The van der Waals surface area contributed by atoms with E-state index < -0.39 is 109 Å². The highest BCUT2D eigenvalue weighted by atomic mass is 16.4. The largest absolute Gasteiger partial charge is 0.481 e. The van der Waals surface area contributed by atoms with Crippen LogP contribution in [0.4, 0.5) is 0 Å². The van der Waals surface area contributed by atoms with Crippen molar-refractivity contribution >= 4 is 53.3 Å². The minimum absolute atomic E-state index is 0.0460. The number of nitrogens with zero attached hydrogens (tertiary/aromatic N) is 1. The molecule has 7 amide bonds. The number of aliphatic carboxylic acids is 2. The highest BCUT2D eigenvalue weighted by molar-refractivity contribution is 5.96. The minimum Gasteiger partial charge on any atom is -0.481 e. The van der Waals surface area contributed by atoms with Gasteiger partial charge in [-0.3, -0.25) is 38.4 Å². The lowest BCUT2D eigenvalue weighted by Gasteiger charge is -2.29. The van der Waals surface area contributed by atoms with E-state index in [2.05, 4.69) is 16.0 Å².